The molecule has 172 valence electrons. The quantitative estimate of drug-likeness (QED) is 0.317. The zero-order chi connectivity index (χ0) is 23.6. The molecule has 4 nitrogen and oxygen atoms in total. The molecule has 1 aliphatic heterocycles. The Balaban J connectivity index is 1.32. The molecule has 4 heteroatoms. The molecule has 4 aromatic rings. The third-order valence-electron chi connectivity index (χ3n) is 8.11. The number of nitrogens with one attached hydrogen (secondary N) is 1. The van der Waals surface area contributed by atoms with Crippen LogP contribution in [0.25, 0.3) is 0 Å². The van der Waals surface area contributed by atoms with Gasteiger partial charge in [-0.1, -0.05) is 66.8 Å². The summed E-state index contributed by atoms with van der Waals surface area (Å²) >= 11 is 0. The molecule has 0 bridgehead atoms. The number of aromatic amines is 1. The Morgan fingerprint density at radius 1 is 0.778 bits per heavy atom. The molecule has 3 unspecified atom stereocenters. The first-order valence-corrected chi connectivity index (χ1v) is 12.7. The minimum absolute atomic E-state index is 0.322. The van der Waals surface area contributed by atoms with Crippen LogP contribution >= 0.6 is 0 Å². The maximum Gasteiger partial charge on any atom is 0.206 e. The van der Waals surface area contributed by atoms with Gasteiger partial charge in [-0.05, 0) is 48.4 Å². The van der Waals surface area contributed by atoms with E-state index >= 15 is 0 Å². The fraction of sp³-hybridized carbons (Fsp3) is 0.125. The Morgan fingerprint density at radius 2 is 1.44 bits per heavy atom. The zero-order valence-electron chi connectivity index (χ0n) is 19.8. The molecule has 4 aliphatic rings. The third-order valence-corrected chi connectivity index (χ3v) is 8.11. The van der Waals surface area contributed by atoms with E-state index in [2.05, 4.69) is 118 Å². The van der Waals surface area contributed by atoms with E-state index in [0.717, 1.165) is 6.42 Å². The predicted octanol–water partition coefficient (Wildman–Crippen LogP) is 7.10. The van der Waals surface area contributed by atoms with Gasteiger partial charge in [0, 0.05) is 23.2 Å². The van der Waals surface area contributed by atoms with Crippen molar-refractivity contribution >= 4 is 28.4 Å². The predicted molar refractivity (Wildman–Crippen MR) is 143 cm³/mol. The molecule has 0 radical (unpaired) electrons. The number of hydrogen-bond donors (Lipinski definition) is 0. The van der Waals surface area contributed by atoms with E-state index < -0.39 is 0 Å². The number of benzene rings is 3. The van der Waals surface area contributed by atoms with Crippen LogP contribution < -0.4 is 14.8 Å². The van der Waals surface area contributed by atoms with Crippen LogP contribution in [0, 0.1) is 5.92 Å². The van der Waals surface area contributed by atoms with Gasteiger partial charge in [-0.2, -0.15) is 0 Å². The van der Waals surface area contributed by atoms with Crippen molar-refractivity contribution in [3.63, 3.8) is 0 Å². The summed E-state index contributed by atoms with van der Waals surface area (Å²) in [6.45, 7) is 0. The lowest BCUT2D eigenvalue weighted by Crippen LogP contribution is -2.32. The Morgan fingerprint density at radius 3 is 2.17 bits per heavy atom. The summed E-state index contributed by atoms with van der Waals surface area (Å²) in [7, 11) is 0. The lowest BCUT2D eigenvalue weighted by molar-refractivity contribution is -0.393. The smallest absolute Gasteiger partial charge is 0.206 e. The van der Waals surface area contributed by atoms with Crippen molar-refractivity contribution in [2.24, 2.45) is 5.92 Å². The van der Waals surface area contributed by atoms with E-state index in [4.69, 9.17) is 4.98 Å². The summed E-state index contributed by atoms with van der Waals surface area (Å²) < 4.78 is 0. The number of nitrogens with zero attached hydrogens (tertiary/aromatic N) is 3. The molecule has 8 rings (SSSR count). The normalized spacial score (nSPS) is 22.7. The van der Waals surface area contributed by atoms with E-state index in [-0.39, 0.29) is 0 Å². The van der Waals surface area contributed by atoms with E-state index in [1.807, 2.05) is 12.4 Å². The largest absolute Gasteiger partial charge is 0.306 e. The summed E-state index contributed by atoms with van der Waals surface area (Å²) in [5.74, 6) is 1.17. The van der Waals surface area contributed by atoms with Crippen LogP contribution in [0.3, 0.4) is 0 Å². The molecule has 3 aliphatic carbocycles. The molecule has 0 amide bonds. The van der Waals surface area contributed by atoms with Gasteiger partial charge in [-0.15, -0.1) is 0 Å². The van der Waals surface area contributed by atoms with Gasteiger partial charge in [-0.3, -0.25) is 0 Å². The van der Waals surface area contributed by atoms with Gasteiger partial charge in [0.2, 0.25) is 5.69 Å². The minimum Gasteiger partial charge on any atom is -0.306 e. The highest BCUT2D eigenvalue weighted by atomic mass is 15.3. The number of hydrogen-bond acceptors (Lipinski definition) is 3. The Bertz CT molecular complexity index is 1550. The van der Waals surface area contributed by atoms with Crippen LogP contribution in [0.1, 0.15) is 29.6 Å². The Labute approximate surface area is 210 Å². The lowest BCUT2D eigenvalue weighted by Gasteiger charge is -2.44. The highest BCUT2D eigenvalue weighted by Crippen LogP contribution is 2.59. The summed E-state index contributed by atoms with van der Waals surface area (Å²) in [5.41, 5.74) is 11.2. The van der Waals surface area contributed by atoms with Crippen molar-refractivity contribution in [1.29, 1.82) is 0 Å². The van der Waals surface area contributed by atoms with Crippen LogP contribution in [0.5, 0.6) is 0 Å². The first-order chi connectivity index (χ1) is 17.9. The van der Waals surface area contributed by atoms with Gasteiger partial charge < -0.3 is 9.80 Å². The zero-order valence-corrected chi connectivity index (χ0v) is 19.8. The Hall–Kier alpha value is -4.44. The molecule has 3 atom stereocenters. The van der Waals surface area contributed by atoms with Crippen molar-refractivity contribution in [2.75, 3.05) is 9.80 Å². The standard InChI is InChI=1S/C32H24N4/c1-2-9-21(10-3-1)35-26-13-4-6-15-28(26)36(29-16-7-5-14-27(29)35)25-18-17-24-30-22(25)11-8-12-23(30)31-32(24)34-20-19-33-31/h1-16,18-20,23-24,30H,17H2/p+1. The number of anilines is 5. The fourth-order valence-electron chi connectivity index (χ4n) is 6.72. The molecule has 1 aromatic heterocycles. The molecule has 1 N–H and O–H groups in total. The van der Waals surface area contributed by atoms with Gasteiger partial charge in [0.1, 0.15) is 5.69 Å². The molecular formula is C32H25N4+. The monoisotopic (exact) mass is 465 g/mol. The second-order valence-corrected chi connectivity index (χ2v) is 9.86. The number of rotatable bonds is 2. The number of aromatic nitrogens is 2. The number of fused-ring (bicyclic) bond motifs is 5. The summed E-state index contributed by atoms with van der Waals surface area (Å²) in [4.78, 5) is 13.2. The van der Waals surface area contributed by atoms with Gasteiger partial charge in [-0.25, -0.2) is 9.97 Å². The second-order valence-electron chi connectivity index (χ2n) is 9.86. The molecule has 0 saturated heterocycles. The molecule has 0 fully saturated rings. The maximum absolute atomic E-state index is 4.80. The fourth-order valence-corrected chi connectivity index (χ4v) is 6.72. The van der Waals surface area contributed by atoms with E-state index in [0.29, 0.717) is 17.8 Å². The molecular weight excluding hydrogens is 440 g/mol. The number of H-pyrrole nitrogens is 1. The Kier molecular flexibility index (Phi) is 4.14. The van der Waals surface area contributed by atoms with E-state index in [1.54, 1.807) is 0 Å². The maximum atomic E-state index is 4.80. The van der Waals surface area contributed by atoms with Crippen molar-refractivity contribution in [3.8, 4) is 0 Å². The minimum atomic E-state index is 0.322. The van der Waals surface area contributed by atoms with Gasteiger partial charge >= 0.3 is 0 Å². The van der Waals surface area contributed by atoms with E-state index in [1.165, 1.54) is 51.1 Å². The average molecular weight is 466 g/mol. The van der Waals surface area contributed by atoms with Crippen LogP contribution in [0.4, 0.5) is 28.4 Å². The van der Waals surface area contributed by atoms with Crippen LogP contribution in [-0.2, 0) is 0 Å². The SMILES string of the molecule is C1=CC2c3ncc[nH+]c3C3CC=C(N4c5ccccc5N(c5ccccc5)c5ccccc54)C(=C1)C23. The lowest BCUT2D eigenvalue weighted by atomic mass is 9.72. The van der Waals surface area contributed by atoms with Gasteiger partial charge in [0.25, 0.3) is 0 Å². The molecule has 0 saturated carbocycles. The topological polar surface area (TPSA) is 33.5 Å². The van der Waals surface area contributed by atoms with Crippen LogP contribution in [0.15, 0.2) is 127 Å². The number of allylic oxidation sites excluding steroid dienone is 5. The number of para-hydroxylation sites is 5. The average Bonchev–Trinajstić information content (AvgIpc) is 3.28. The summed E-state index contributed by atoms with van der Waals surface area (Å²) in [6, 6.07) is 28.2. The molecule has 2 heterocycles. The molecule has 36 heavy (non-hydrogen) atoms. The third kappa shape index (κ3) is 2.64. The van der Waals surface area contributed by atoms with Crippen molar-refractivity contribution in [1.82, 2.24) is 4.98 Å². The first-order valence-electron chi connectivity index (χ1n) is 12.7. The first kappa shape index (κ1) is 19.8. The second kappa shape index (κ2) is 7.53. The summed E-state index contributed by atoms with van der Waals surface area (Å²) in [6.07, 6.45) is 14.2. The van der Waals surface area contributed by atoms with Crippen molar-refractivity contribution in [2.45, 2.75) is 18.3 Å². The van der Waals surface area contributed by atoms with E-state index in [9.17, 15) is 0 Å². The van der Waals surface area contributed by atoms with Gasteiger partial charge in [0.05, 0.1) is 34.9 Å². The van der Waals surface area contributed by atoms with Crippen molar-refractivity contribution < 1.29 is 4.98 Å². The highest BCUT2D eigenvalue weighted by molar-refractivity contribution is 5.99. The molecule has 3 aromatic carbocycles. The van der Waals surface area contributed by atoms with Crippen molar-refractivity contribution in [3.05, 3.63) is 138 Å². The summed E-state index contributed by atoms with van der Waals surface area (Å²) in [5, 5.41) is 0. The highest BCUT2D eigenvalue weighted by Gasteiger charge is 2.50. The van der Waals surface area contributed by atoms with Gasteiger partial charge in [0.15, 0.2) is 6.20 Å². The van der Waals surface area contributed by atoms with Crippen LogP contribution in [0.2, 0.25) is 0 Å². The van der Waals surface area contributed by atoms with Crippen LogP contribution in [-0.4, -0.2) is 4.98 Å². The molecule has 0 spiro atoms.